The minimum Gasteiger partial charge on any atom is -0.394 e. The normalized spacial score (nSPS) is 35.8. The van der Waals surface area contributed by atoms with Gasteiger partial charge in [-0.1, -0.05) is 27.2 Å². The SMILES string of the molecule is CCCC1C(=O)NC(C)(CO)C1(C)C. The maximum Gasteiger partial charge on any atom is 0.224 e. The van der Waals surface area contributed by atoms with Gasteiger partial charge in [0.15, 0.2) is 0 Å². The predicted molar refractivity (Wildman–Crippen MR) is 55.8 cm³/mol. The fourth-order valence-electron chi connectivity index (χ4n) is 2.26. The highest BCUT2D eigenvalue weighted by Gasteiger charge is 2.55. The molecular weight excluding hydrogens is 178 g/mol. The van der Waals surface area contributed by atoms with Crippen LogP contribution in [0.2, 0.25) is 0 Å². The second-order valence-corrected chi connectivity index (χ2v) is 5.04. The van der Waals surface area contributed by atoms with Crippen molar-refractivity contribution in [1.82, 2.24) is 5.32 Å². The topological polar surface area (TPSA) is 49.3 Å². The number of amides is 1. The number of aliphatic hydroxyl groups excluding tert-OH is 1. The van der Waals surface area contributed by atoms with Crippen molar-refractivity contribution in [3.8, 4) is 0 Å². The molecule has 14 heavy (non-hydrogen) atoms. The van der Waals surface area contributed by atoms with E-state index in [0.29, 0.717) is 0 Å². The van der Waals surface area contributed by atoms with Crippen molar-refractivity contribution in [3.63, 3.8) is 0 Å². The first-order valence-corrected chi connectivity index (χ1v) is 5.32. The molecule has 1 heterocycles. The van der Waals surface area contributed by atoms with E-state index < -0.39 is 5.54 Å². The molecule has 0 radical (unpaired) electrons. The highest BCUT2D eigenvalue weighted by molar-refractivity contribution is 5.83. The lowest BCUT2D eigenvalue weighted by Gasteiger charge is -2.38. The zero-order valence-electron chi connectivity index (χ0n) is 9.55. The summed E-state index contributed by atoms with van der Waals surface area (Å²) in [5.74, 6) is 0.123. The first-order chi connectivity index (χ1) is 6.39. The lowest BCUT2D eigenvalue weighted by Crippen LogP contribution is -2.51. The Morgan fingerprint density at radius 3 is 2.36 bits per heavy atom. The van der Waals surface area contributed by atoms with Gasteiger partial charge in [0.1, 0.15) is 0 Å². The second-order valence-electron chi connectivity index (χ2n) is 5.04. The Kier molecular flexibility index (Phi) is 2.91. The van der Waals surface area contributed by atoms with Crippen LogP contribution in [0.1, 0.15) is 40.5 Å². The van der Waals surface area contributed by atoms with Gasteiger partial charge in [0.25, 0.3) is 0 Å². The largest absolute Gasteiger partial charge is 0.394 e. The van der Waals surface area contributed by atoms with Gasteiger partial charge in [-0.15, -0.1) is 0 Å². The molecule has 1 fully saturated rings. The van der Waals surface area contributed by atoms with Crippen LogP contribution in [0, 0.1) is 11.3 Å². The average molecular weight is 199 g/mol. The molecule has 0 spiro atoms. The van der Waals surface area contributed by atoms with Crippen molar-refractivity contribution < 1.29 is 9.90 Å². The fraction of sp³-hybridized carbons (Fsp3) is 0.909. The molecule has 2 N–H and O–H groups in total. The van der Waals surface area contributed by atoms with Crippen LogP contribution in [0.5, 0.6) is 0 Å². The Morgan fingerprint density at radius 1 is 1.43 bits per heavy atom. The molecule has 0 saturated carbocycles. The quantitative estimate of drug-likeness (QED) is 0.720. The van der Waals surface area contributed by atoms with Gasteiger partial charge in [0, 0.05) is 11.3 Å². The van der Waals surface area contributed by atoms with Gasteiger partial charge in [-0.05, 0) is 13.3 Å². The molecule has 1 amide bonds. The van der Waals surface area contributed by atoms with Crippen molar-refractivity contribution in [2.24, 2.45) is 11.3 Å². The number of aliphatic hydroxyl groups is 1. The zero-order valence-corrected chi connectivity index (χ0v) is 9.55. The third kappa shape index (κ3) is 1.44. The van der Waals surface area contributed by atoms with Crippen LogP contribution in [0.3, 0.4) is 0 Å². The predicted octanol–water partition coefficient (Wildman–Crippen LogP) is 1.31. The molecule has 1 aliphatic heterocycles. The highest BCUT2D eigenvalue weighted by atomic mass is 16.3. The van der Waals surface area contributed by atoms with Crippen LogP contribution in [0.25, 0.3) is 0 Å². The van der Waals surface area contributed by atoms with Crippen molar-refractivity contribution >= 4 is 5.91 Å². The summed E-state index contributed by atoms with van der Waals surface area (Å²) in [6, 6.07) is 0. The molecule has 0 aromatic rings. The van der Waals surface area contributed by atoms with E-state index in [1.54, 1.807) is 0 Å². The lowest BCUT2D eigenvalue weighted by molar-refractivity contribution is -0.124. The van der Waals surface area contributed by atoms with E-state index in [4.69, 9.17) is 0 Å². The average Bonchev–Trinajstić information content (AvgIpc) is 2.27. The molecule has 3 heteroatoms. The summed E-state index contributed by atoms with van der Waals surface area (Å²) in [7, 11) is 0. The molecule has 1 aliphatic rings. The van der Waals surface area contributed by atoms with Gasteiger partial charge < -0.3 is 10.4 Å². The summed E-state index contributed by atoms with van der Waals surface area (Å²) < 4.78 is 0. The molecular formula is C11H21NO2. The minimum atomic E-state index is -0.468. The van der Waals surface area contributed by atoms with E-state index in [-0.39, 0.29) is 23.8 Å². The second kappa shape index (κ2) is 3.54. The van der Waals surface area contributed by atoms with Crippen LogP contribution in [-0.2, 0) is 4.79 Å². The molecule has 2 atom stereocenters. The molecule has 0 bridgehead atoms. The minimum absolute atomic E-state index is 0.00591. The third-order valence-electron chi connectivity index (χ3n) is 3.90. The van der Waals surface area contributed by atoms with Gasteiger partial charge in [-0.3, -0.25) is 4.79 Å². The first-order valence-electron chi connectivity index (χ1n) is 5.32. The summed E-state index contributed by atoms with van der Waals surface area (Å²) in [6.07, 6.45) is 1.90. The monoisotopic (exact) mass is 199 g/mol. The maximum atomic E-state index is 11.7. The molecule has 1 saturated heterocycles. The maximum absolute atomic E-state index is 11.7. The Hall–Kier alpha value is -0.570. The summed E-state index contributed by atoms with van der Waals surface area (Å²) in [4.78, 5) is 11.7. The van der Waals surface area contributed by atoms with Gasteiger partial charge in [-0.2, -0.15) is 0 Å². The first kappa shape index (κ1) is 11.5. The van der Waals surface area contributed by atoms with Crippen LogP contribution >= 0.6 is 0 Å². The van der Waals surface area contributed by atoms with Gasteiger partial charge in [0.2, 0.25) is 5.91 Å². The number of hydrogen-bond donors (Lipinski definition) is 2. The fourth-order valence-corrected chi connectivity index (χ4v) is 2.26. The molecule has 0 aliphatic carbocycles. The van der Waals surface area contributed by atoms with E-state index in [1.165, 1.54) is 0 Å². The smallest absolute Gasteiger partial charge is 0.224 e. The Morgan fingerprint density at radius 2 is 2.00 bits per heavy atom. The Bertz CT molecular complexity index is 237. The van der Waals surface area contributed by atoms with Gasteiger partial charge >= 0.3 is 0 Å². The Labute approximate surface area is 85.9 Å². The van der Waals surface area contributed by atoms with E-state index in [9.17, 15) is 9.90 Å². The summed E-state index contributed by atoms with van der Waals surface area (Å²) in [5.41, 5.74) is -0.640. The van der Waals surface area contributed by atoms with Gasteiger partial charge in [0.05, 0.1) is 12.1 Å². The molecule has 82 valence electrons. The molecule has 1 rings (SSSR count). The van der Waals surface area contributed by atoms with Crippen molar-refractivity contribution in [3.05, 3.63) is 0 Å². The highest BCUT2D eigenvalue weighted by Crippen LogP contribution is 2.45. The molecule has 0 aromatic heterocycles. The summed E-state index contributed by atoms with van der Waals surface area (Å²) in [5, 5.41) is 12.3. The number of carbonyl (C=O) groups is 1. The van der Waals surface area contributed by atoms with E-state index in [2.05, 4.69) is 26.1 Å². The number of nitrogens with one attached hydrogen (secondary N) is 1. The number of hydrogen-bond acceptors (Lipinski definition) is 2. The lowest BCUT2D eigenvalue weighted by atomic mass is 9.68. The van der Waals surface area contributed by atoms with Crippen LogP contribution < -0.4 is 5.32 Å². The number of carbonyl (C=O) groups excluding carboxylic acids is 1. The van der Waals surface area contributed by atoms with E-state index in [1.807, 2.05) is 6.92 Å². The molecule has 3 nitrogen and oxygen atoms in total. The molecule has 2 unspecified atom stereocenters. The van der Waals surface area contributed by atoms with E-state index >= 15 is 0 Å². The summed E-state index contributed by atoms with van der Waals surface area (Å²) in [6.45, 7) is 8.12. The molecule has 0 aromatic carbocycles. The third-order valence-corrected chi connectivity index (χ3v) is 3.90. The van der Waals surface area contributed by atoms with Crippen molar-refractivity contribution in [2.75, 3.05) is 6.61 Å². The van der Waals surface area contributed by atoms with Crippen molar-refractivity contribution in [1.29, 1.82) is 0 Å². The van der Waals surface area contributed by atoms with Gasteiger partial charge in [-0.25, -0.2) is 0 Å². The summed E-state index contributed by atoms with van der Waals surface area (Å²) >= 11 is 0. The van der Waals surface area contributed by atoms with Crippen LogP contribution in [-0.4, -0.2) is 23.2 Å². The zero-order chi connectivity index (χ0) is 11.0. The standard InChI is InChI=1S/C11H21NO2/c1-5-6-8-9(14)12-11(4,7-13)10(8,2)3/h8,13H,5-7H2,1-4H3,(H,12,14). The van der Waals surface area contributed by atoms with E-state index in [0.717, 1.165) is 12.8 Å². The number of rotatable bonds is 3. The van der Waals surface area contributed by atoms with Crippen LogP contribution in [0.15, 0.2) is 0 Å². The Balaban J connectivity index is 2.95. The van der Waals surface area contributed by atoms with Crippen LogP contribution in [0.4, 0.5) is 0 Å². The van der Waals surface area contributed by atoms with Crippen molar-refractivity contribution in [2.45, 2.75) is 46.1 Å².